The number of carbonyl (C=O) groups is 3. The second-order valence-electron chi connectivity index (χ2n) is 15.9. The normalized spacial score (nSPS) is 37.9. The lowest BCUT2D eigenvalue weighted by atomic mass is 9.62. The van der Waals surface area contributed by atoms with E-state index in [-0.39, 0.29) is 37.9 Å². The Morgan fingerprint density at radius 3 is 2.56 bits per heavy atom. The molecule has 5 aliphatic heterocycles. The molecule has 2 N–H and O–H groups in total. The molecule has 2 bridgehead atoms. The zero-order chi connectivity index (χ0) is 35.2. The Bertz CT molecular complexity index is 1790. The summed E-state index contributed by atoms with van der Waals surface area (Å²) in [6.45, 7) is 0.519. The van der Waals surface area contributed by atoms with Gasteiger partial charge >= 0.3 is 5.97 Å². The highest BCUT2D eigenvalue weighted by molar-refractivity contribution is 5.96. The summed E-state index contributed by atoms with van der Waals surface area (Å²) >= 11 is 0. The van der Waals surface area contributed by atoms with Gasteiger partial charge in [-0.15, -0.1) is 0 Å². The number of ether oxygens (including phenoxy) is 4. The number of aliphatic hydroxyl groups is 1. The minimum atomic E-state index is -1.37. The van der Waals surface area contributed by atoms with E-state index in [2.05, 4.69) is 35.7 Å². The fourth-order valence-electron chi connectivity index (χ4n) is 10.4. The van der Waals surface area contributed by atoms with Crippen molar-refractivity contribution in [3.8, 4) is 0 Å². The molecule has 5 saturated heterocycles. The molecule has 3 unspecified atom stereocenters. The summed E-state index contributed by atoms with van der Waals surface area (Å²) in [7, 11) is 0. The Kier molecular flexibility index (Phi) is 7.90. The molecule has 7 fully saturated rings. The third-order valence-electron chi connectivity index (χ3n) is 12.9. The highest BCUT2D eigenvalue weighted by Gasteiger charge is 2.77. The smallest absolute Gasteiger partial charge is 0.327 e. The Hall–Kier alpha value is -3.65. The lowest BCUT2D eigenvalue weighted by Crippen LogP contribution is -2.70. The van der Waals surface area contributed by atoms with Gasteiger partial charge in [-0.25, -0.2) is 0 Å². The molecule has 2 aromatic rings. The first-order chi connectivity index (χ1) is 25.4. The average Bonchev–Trinajstić information content (AvgIpc) is 3.48. The van der Waals surface area contributed by atoms with Crippen molar-refractivity contribution in [2.24, 2.45) is 11.3 Å². The average molecular weight is 712 g/mol. The molecule has 3 aliphatic carbocycles. The third kappa shape index (κ3) is 5.20. The summed E-state index contributed by atoms with van der Waals surface area (Å²) in [5.41, 5.74) is 2.90. The largest absolute Gasteiger partial charge is 0.458 e. The molecular weight excluding hydrogens is 666 g/mol. The van der Waals surface area contributed by atoms with E-state index in [4.69, 9.17) is 23.8 Å². The van der Waals surface area contributed by atoms with Crippen LogP contribution in [0.3, 0.4) is 0 Å². The molecule has 2 amide bonds. The van der Waals surface area contributed by atoms with Crippen molar-refractivity contribution in [2.75, 3.05) is 19.7 Å². The molecule has 2 saturated carbocycles. The van der Waals surface area contributed by atoms with Gasteiger partial charge in [0.15, 0.2) is 11.8 Å². The van der Waals surface area contributed by atoms with E-state index in [1.807, 2.05) is 30.3 Å². The number of benzene rings is 2. The fourth-order valence-corrected chi connectivity index (χ4v) is 10.4. The van der Waals surface area contributed by atoms with Crippen LogP contribution in [0.15, 0.2) is 54.6 Å². The van der Waals surface area contributed by atoms with Gasteiger partial charge in [0, 0.05) is 32.4 Å². The van der Waals surface area contributed by atoms with Crippen LogP contribution in [0.25, 0.3) is 6.08 Å². The van der Waals surface area contributed by atoms with Crippen molar-refractivity contribution in [1.82, 2.24) is 15.3 Å². The first-order valence-corrected chi connectivity index (χ1v) is 19.0. The molecule has 5 heterocycles. The first kappa shape index (κ1) is 33.0. The predicted molar refractivity (Wildman–Crippen MR) is 184 cm³/mol. The molecular formula is C40H45N3O9. The lowest BCUT2D eigenvalue weighted by Gasteiger charge is -2.50. The maximum atomic E-state index is 15.2. The van der Waals surface area contributed by atoms with Gasteiger partial charge in [-0.3, -0.25) is 19.2 Å². The Morgan fingerprint density at radius 2 is 1.75 bits per heavy atom. The van der Waals surface area contributed by atoms with Crippen LogP contribution in [-0.4, -0.2) is 107 Å². The van der Waals surface area contributed by atoms with E-state index in [1.165, 1.54) is 0 Å². The number of allylic oxidation sites excluding steroid dienone is 1. The van der Waals surface area contributed by atoms with Crippen molar-refractivity contribution in [1.29, 1.82) is 0 Å². The van der Waals surface area contributed by atoms with Crippen LogP contribution in [-0.2, 0) is 57.6 Å². The quantitative estimate of drug-likeness (QED) is 0.310. The predicted octanol–water partition coefficient (Wildman–Crippen LogP) is 2.45. The van der Waals surface area contributed by atoms with E-state index in [0.29, 0.717) is 50.4 Å². The van der Waals surface area contributed by atoms with E-state index in [0.717, 1.165) is 41.5 Å². The van der Waals surface area contributed by atoms with E-state index < -0.39 is 53.7 Å². The number of carbonyl (C=O) groups excluding carboxylic acids is 3. The molecule has 52 heavy (non-hydrogen) atoms. The molecule has 12 heteroatoms. The topological polar surface area (TPSA) is 139 Å². The van der Waals surface area contributed by atoms with Gasteiger partial charge in [-0.2, -0.15) is 5.06 Å². The van der Waals surface area contributed by atoms with Gasteiger partial charge in [0.25, 0.3) is 0 Å². The minimum Gasteiger partial charge on any atom is -0.458 e. The summed E-state index contributed by atoms with van der Waals surface area (Å²) in [5, 5.41) is 13.8. The van der Waals surface area contributed by atoms with Gasteiger partial charge in [-0.05, 0) is 60.3 Å². The lowest BCUT2D eigenvalue weighted by molar-refractivity contribution is -0.218. The number of nitrogens with zero attached hydrogens (tertiary/aromatic N) is 2. The summed E-state index contributed by atoms with van der Waals surface area (Å²) in [4.78, 5) is 51.4. The second kappa shape index (κ2) is 12.5. The Balaban J connectivity index is 0.997. The molecule has 2 aromatic carbocycles. The number of fused-ring (bicyclic) bond motifs is 6. The number of esters is 1. The van der Waals surface area contributed by atoms with Crippen LogP contribution >= 0.6 is 0 Å². The highest BCUT2D eigenvalue weighted by atomic mass is 16.8. The van der Waals surface area contributed by atoms with Gasteiger partial charge < -0.3 is 34.3 Å². The van der Waals surface area contributed by atoms with Crippen LogP contribution in [0.5, 0.6) is 0 Å². The summed E-state index contributed by atoms with van der Waals surface area (Å²) in [5.74, 6) is -1.64. The Labute approximate surface area is 302 Å². The van der Waals surface area contributed by atoms with E-state index in [9.17, 15) is 14.7 Å². The SMILES string of the molecule is O=C(NCCO)[C@H]1CCCN1C(=O)[C@@]12C[C@H]3OC(=O)[C@@H]1N(Cc1ccccc1C=CC1CCC4OC4C1)O[C@@H]2[C@H]1OC2(Cc4ccccc4C2)O[C@H]13. The fraction of sp³-hybridized carbons (Fsp3) is 0.575. The van der Waals surface area contributed by atoms with Crippen molar-refractivity contribution < 1.29 is 43.3 Å². The second-order valence-corrected chi connectivity index (χ2v) is 15.9. The number of rotatable bonds is 8. The van der Waals surface area contributed by atoms with Crippen molar-refractivity contribution in [3.63, 3.8) is 0 Å². The monoisotopic (exact) mass is 711 g/mol. The van der Waals surface area contributed by atoms with Gasteiger partial charge in [0.2, 0.25) is 11.8 Å². The molecule has 0 aromatic heterocycles. The molecule has 12 nitrogen and oxygen atoms in total. The van der Waals surface area contributed by atoms with Crippen LogP contribution in [0.4, 0.5) is 0 Å². The number of epoxide rings is 1. The number of hydrogen-bond acceptors (Lipinski definition) is 10. The highest BCUT2D eigenvalue weighted by Crippen LogP contribution is 2.59. The van der Waals surface area contributed by atoms with E-state index >= 15 is 4.79 Å². The molecule has 10 atom stereocenters. The van der Waals surface area contributed by atoms with Crippen LogP contribution in [0.2, 0.25) is 0 Å². The van der Waals surface area contributed by atoms with Crippen LogP contribution in [0.1, 0.15) is 60.8 Å². The molecule has 10 rings (SSSR count). The van der Waals surface area contributed by atoms with Crippen LogP contribution < -0.4 is 5.32 Å². The first-order valence-electron chi connectivity index (χ1n) is 19.0. The van der Waals surface area contributed by atoms with Crippen LogP contribution in [0, 0.1) is 11.3 Å². The Morgan fingerprint density at radius 1 is 0.962 bits per heavy atom. The number of likely N-dealkylation sites (tertiary alicyclic amines) is 1. The number of hydroxylamine groups is 2. The maximum absolute atomic E-state index is 15.2. The summed E-state index contributed by atoms with van der Waals surface area (Å²) in [6.07, 6.45) is 8.05. The van der Waals surface area contributed by atoms with E-state index in [1.54, 1.807) is 9.96 Å². The van der Waals surface area contributed by atoms with Gasteiger partial charge in [0.1, 0.15) is 35.9 Å². The number of nitrogens with one attached hydrogen (secondary N) is 1. The molecule has 8 aliphatic rings. The minimum absolute atomic E-state index is 0.0991. The molecule has 0 radical (unpaired) electrons. The summed E-state index contributed by atoms with van der Waals surface area (Å²) in [6, 6.07) is 14.5. The zero-order valence-corrected chi connectivity index (χ0v) is 29.1. The summed E-state index contributed by atoms with van der Waals surface area (Å²) < 4.78 is 25.7. The number of aliphatic hydroxyl groups excluding tert-OH is 1. The third-order valence-corrected chi connectivity index (χ3v) is 12.9. The number of amides is 2. The van der Waals surface area contributed by atoms with Crippen molar-refractivity contribution in [2.45, 2.75) is 112 Å². The standard InChI is InChI=1S/C40H45N3O9/c44-17-15-41-36(45)28-10-5-16-42(28)38(47)40-21-31-32-33(51-39(50-32)19-25-7-2-3-8-26(25)20-39)35(40)52-43(34(40)37(46)49-31)22-27-9-4-1-6-24(27)13-11-23-12-14-29-30(18-23)48-29/h1-4,6-9,11,13,23,28-35,44H,5,10,12,14-22H2,(H,41,45)/t23?,28-,29?,30?,31-,32+,33+,34+,35-,40+/m1/s1. The van der Waals surface area contributed by atoms with Crippen molar-refractivity contribution in [3.05, 3.63) is 76.9 Å². The molecule has 274 valence electrons. The van der Waals surface area contributed by atoms with Gasteiger partial charge in [0.05, 0.1) is 25.4 Å². The maximum Gasteiger partial charge on any atom is 0.327 e. The molecule has 1 spiro atoms. The zero-order valence-electron chi connectivity index (χ0n) is 29.1. The van der Waals surface area contributed by atoms with Gasteiger partial charge in [-0.1, -0.05) is 60.7 Å². The number of hydrogen-bond donors (Lipinski definition) is 2. The van der Waals surface area contributed by atoms with Crippen molar-refractivity contribution >= 4 is 23.9 Å².